The van der Waals surface area contributed by atoms with Gasteiger partial charge in [0, 0.05) is 19.3 Å². The number of aliphatic hydroxyl groups is 1. The first-order chi connectivity index (χ1) is 11.5. The summed E-state index contributed by atoms with van der Waals surface area (Å²) in [7, 11) is 2.00. The number of aromatic nitrogens is 1. The summed E-state index contributed by atoms with van der Waals surface area (Å²) in [6.45, 7) is 6.51. The number of pyridine rings is 1. The average molecular weight is 334 g/mol. The third-order valence-electron chi connectivity index (χ3n) is 4.41. The van der Waals surface area contributed by atoms with Gasteiger partial charge in [0.25, 0.3) is 0 Å². The van der Waals surface area contributed by atoms with Crippen molar-refractivity contribution in [3.8, 4) is 0 Å². The number of likely N-dealkylation sites (N-methyl/N-ethyl adjacent to an activating group) is 1. The fraction of sp³-hybridized carbons (Fsp3) is 0.667. The van der Waals surface area contributed by atoms with Crippen molar-refractivity contribution >= 4 is 5.91 Å². The first kappa shape index (κ1) is 18.8. The van der Waals surface area contributed by atoms with Crippen LogP contribution >= 0.6 is 0 Å². The highest BCUT2D eigenvalue weighted by Gasteiger charge is 2.21. The van der Waals surface area contributed by atoms with Gasteiger partial charge in [-0.1, -0.05) is 6.07 Å². The average Bonchev–Trinajstić information content (AvgIpc) is 2.55. The number of β-amino-alcohol motifs (C(OH)–C–C–N with tert-alkyl or cyclic N) is 1. The first-order valence-corrected chi connectivity index (χ1v) is 8.78. The highest BCUT2D eigenvalue weighted by Crippen LogP contribution is 2.18. The van der Waals surface area contributed by atoms with Crippen LogP contribution in [0.3, 0.4) is 0 Å². The molecule has 0 radical (unpaired) electrons. The lowest BCUT2D eigenvalue weighted by molar-refractivity contribution is -0.122. The highest BCUT2D eigenvalue weighted by atomic mass is 16.3. The van der Waals surface area contributed by atoms with Gasteiger partial charge in [0.1, 0.15) is 0 Å². The van der Waals surface area contributed by atoms with Gasteiger partial charge >= 0.3 is 0 Å². The minimum atomic E-state index is -0.257. The molecule has 0 aliphatic carbocycles. The number of aliphatic hydroxyl groups excluding tert-OH is 1. The van der Waals surface area contributed by atoms with Crippen LogP contribution in [0.15, 0.2) is 24.4 Å². The number of carbonyl (C=O) groups excluding carboxylic acids is 1. The van der Waals surface area contributed by atoms with Gasteiger partial charge < -0.3 is 15.3 Å². The Morgan fingerprint density at radius 1 is 1.46 bits per heavy atom. The minimum absolute atomic E-state index is 0.0368. The summed E-state index contributed by atoms with van der Waals surface area (Å²) in [5.74, 6) is 0.665. The lowest BCUT2D eigenvalue weighted by Crippen LogP contribution is -2.42. The second-order valence-electron chi connectivity index (χ2n) is 6.89. The zero-order valence-electron chi connectivity index (χ0n) is 14.8. The molecule has 0 saturated carbocycles. The Balaban J connectivity index is 1.62. The Morgan fingerprint density at radius 3 is 2.83 bits per heavy atom. The molecule has 2 heterocycles. The molecule has 0 bridgehead atoms. The standard InChI is InChI=1S/C18H30N4O2/c1-15(23)12-22-9-6-16(7-10-22)13-21(2)14-18(24)20-11-17-5-3-4-8-19-17/h3-5,8,15-16,23H,6-7,9-14H2,1-2H3,(H,20,24)/t15-/m0/s1. The van der Waals surface area contributed by atoms with Crippen molar-refractivity contribution in [2.24, 2.45) is 5.92 Å². The largest absolute Gasteiger partial charge is 0.392 e. The Morgan fingerprint density at radius 2 is 2.21 bits per heavy atom. The van der Waals surface area contributed by atoms with Crippen molar-refractivity contribution in [1.82, 2.24) is 20.1 Å². The predicted molar refractivity (Wildman–Crippen MR) is 94.4 cm³/mol. The summed E-state index contributed by atoms with van der Waals surface area (Å²) in [4.78, 5) is 20.6. The quantitative estimate of drug-likeness (QED) is 0.733. The van der Waals surface area contributed by atoms with E-state index in [0.29, 0.717) is 19.0 Å². The van der Waals surface area contributed by atoms with Crippen molar-refractivity contribution in [2.75, 3.05) is 39.8 Å². The van der Waals surface area contributed by atoms with Gasteiger partial charge in [-0.2, -0.15) is 0 Å². The molecule has 1 aliphatic rings. The van der Waals surface area contributed by atoms with Gasteiger partial charge in [-0.05, 0) is 58.0 Å². The molecule has 1 aliphatic heterocycles. The van der Waals surface area contributed by atoms with Gasteiger partial charge in [-0.25, -0.2) is 0 Å². The van der Waals surface area contributed by atoms with Gasteiger partial charge in [0.05, 0.1) is 24.9 Å². The molecular weight excluding hydrogens is 304 g/mol. The Labute approximate surface area is 144 Å². The van der Waals surface area contributed by atoms with E-state index in [4.69, 9.17) is 0 Å². The first-order valence-electron chi connectivity index (χ1n) is 8.78. The molecule has 1 aromatic rings. The number of rotatable bonds is 8. The summed E-state index contributed by atoms with van der Waals surface area (Å²) in [6, 6.07) is 5.70. The fourth-order valence-corrected chi connectivity index (χ4v) is 3.22. The number of nitrogens with zero attached hydrogens (tertiary/aromatic N) is 3. The van der Waals surface area contributed by atoms with Crippen LogP contribution in [0.25, 0.3) is 0 Å². The Bertz CT molecular complexity index is 487. The van der Waals surface area contributed by atoms with E-state index in [1.54, 1.807) is 6.20 Å². The number of hydrogen-bond donors (Lipinski definition) is 2. The van der Waals surface area contributed by atoms with Crippen molar-refractivity contribution in [2.45, 2.75) is 32.4 Å². The van der Waals surface area contributed by atoms with E-state index >= 15 is 0 Å². The topological polar surface area (TPSA) is 68.7 Å². The van der Waals surface area contributed by atoms with Crippen molar-refractivity contribution in [3.05, 3.63) is 30.1 Å². The molecule has 1 atom stereocenters. The van der Waals surface area contributed by atoms with Crippen molar-refractivity contribution in [1.29, 1.82) is 0 Å². The molecule has 1 amide bonds. The summed E-state index contributed by atoms with van der Waals surface area (Å²) >= 11 is 0. The van der Waals surface area contributed by atoms with E-state index in [0.717, 1.165) is 44.7 Å². The van der Waals surface area contributed by atoms with Crippen LogP contribution in [0.5, 0.6) is 0 Å². The Hall–Kier alpha value is -1.50. The van der Waals surface area contributed by atoms with Crippen LogP contribution in [-0.2, 0) is 11.3 Å². The van der Waals surface area contributed by atoms with E-state index in [2.05, 4.69) is 20.1 Å². The molecule has 6 nitrogen and oxygen atoms in total. The highest BCUT2D eigenvalue weighted by molar-refractivity contribution is 5.77. The number of piperidine rings is 1. The van der Waals surface area contributed by atoms with E-state index < -0.39 is 0 Å². The van der Waals surface area contributed by atoms with Crippen LogP contribution in [-0.4, -0.2) is 71.7 Å². The van der Waals surface area contributed by atoms with Crippen LogP contribution in [0.1, 0.15) is 25.5 Å². The van der Waals surface area contributed by atoms with E-state index in [1.807, 2.05) is 32.2 Å². The van der Waals surface area contributed by atoms with E-state index in [9.17, 15) is 9.90 Å². The third kappa shape index (κ3) is 6.95. The smallest absolute Gasteiger partial charge is 0.234 e. The van der Waals surface area contributed by atoms with Crippen LogP contribution in [0.4, 0.5) is 0 Å². The van der Waals surface area contributed by atoms with E-state index in [-0.39, 0.29) is 12.0 Å². The summed E-state index contributed by atoms with van der Waals surface area (Å²) in [5, 5.41) is 12.4. The van der Waals surface area contributed by atoms with Gasteiger partial charge in [0.15, 0.2) is 0 Å². The molecule has 2 N–H and O–H groups in total. The molecule has 134 valence electrons. The summed E-state index contributed by atoms with van der Waals surface area (Å²) in [5.41, 5.74) is 0.874. The van der Waals surface area contributed by atoms with Crippen molar-refractivity contribution in [3.63, 3.8) is 0 Å². The molecule has 1 fully saturated rings. The number of likely N-dealkylation sites (tertiary alicyclic amines) is 1. The maximum Gasteiger partial charge on any atom is 0.234 e. The minimum Gasteiger partial charge on any atom is -0.392 e. The summed E-state index contributed by atoms with van der Waals surface area (Å²) < 4.78 is 0. The lowest BCUT2D eigenvalue weighted by Gasteiger charge is -2.34. The molecule has 24 heavy (non-hydrogen) atoms. The number of carbonyl (C=O) groups is 1. The zero-order valence-corrected chi connectivity index (χ0v) is 14.8. The van der Waals surface area contributed by atoms with E-state index in [1.165, 1.54) is 0 Å². The maximum atomic E-state index is 12.0. The Kier molecular flexibility index (Phi) is 7.62. The van der Waals surface area contributed by atoms with Crippen molar-refractivity contribution < 1.29 is 9.90 Å². The molecule has 0 aromatic carbocycles. The molecular formula is C18H30N4O2. The fourth-order valence-electron chi connectivity index (χ4n) is 3.22. The zero-order chi connectivity index (χ0) is 17.4. The molecule has 2 rings (SSSR count). The molecule has 1 aromatic heterocycles. The lowest BCUT2D eigenvalue weighted by atomic mass is 9.96. The predicted octanol–water partition coefficient (Wildman–Crippen LogP) is 0.722. The monoisotopic (exact) mass is 334 g/mol. The van der Waals surface area contributed by atoms with Crippen LogP contribution < -0.4 is 5.32 Å². The number of nitrogens with one attached hydrogen (secondary N) is 1. The third-order valence-corrected chi connectivity index (χ3v) is 4.41. The van der Waals surface area contributed by atoms with Gasteiger partial charge in [0.2, 0.25) is 5.91 Å². The van der Waals surface area contributed by atoms with Crippen LogP contribution in [0, 0.1) is 5.92 Å². The summed E-state index contributed by atoms with van der Waals surface area (Å²) in [6.07, 6.45) is 3.74. The van der Waals surface area contributed by atoms with Gasteiger partial charge in [-0.3, -0.25) is 14.7 Å². The second-order valence-corrected chi connectivity index (χ2v) is 6.89. The molecule has 1 saturated heterocycles. The maximum absolute atomic E-state index is 12.0. The molecule has 6 heteroatoms. The SMILES string of the molecule is C[C@H](O)CN1CCC(CN(C)CC(=O)NCc2ccccn2)CC1. The normalized spacial score (nSPS) is 17.8. The molecule has 0 unspecified atom stereocenters. The van der Waals surface area contributed by atoms with Gasteiger partial charge in [-0.15, -0.1) is 0 Å². The number of amides is 1. The molecule has 0 spiro atoms. The second kappa shape index (κ2) is 9.71. The number of hydrogen-bond acceptors (Lipinski definition) is 5. The van der Waals surface area contributed by atoms with Crippen LogP contribution in [0.2, 0.25) is 0 Å².